The molecule has 0 unspecified atom stereocenters. The minimum absolute atomic E-state index is 0.361. The zero-order valence-corrected chi connectivity index (χ0v) is 16.8. The first-order chi connectivity index (χ1) is 14.1. The number of carbonyl (C=O) groups is 2. The topological polar surface area (TPSA) is 96.4 Å². The van der Waals surface area contributed by atoms with Gasteiger partial charge in [-0.15, -0.1) is 0 Å². The number of nitrogens with one attached hydrogen (secondary N) is 2. The Labute approximate surface area is 172 Å². The van der Waals surface area contributed by atoms with E-state index in [2.05, 4.69) is 20.5 Å². The van der Waals surface area contributed by atoms with Crippen LogP contribution in [0.2, 0.25) is 0 Å². The van der Waals surface area contributed by atoms with Crippen LogP contribution in [0.25, 0.3) is 17.3 Å². The molecule has 2 fully saturated rings. The van der Waals surface area contributed by atoms with Crippen LogP contribution in [0.3, 0.4) is 0 Å². The molecule has 2 N–H and O–H groups in total. The summed E-state index contributed by atoms with van der Waals surface area (Å²) in [7, 11) is 1.60. The summed E-state index contributed by atoms with van der Waals surface area (Å²) in [6.45, 7) is 3.72. The quantitative estimate of drug-likeness (QED) is 0.740. The van der Waals surface area contributed by atoms with Gasteiger partial charge in [0, 0.05) is 25.2 Å². The van der Waals surface area contributed by atoms with E-state index in [1.54, 1.807) is 25.6 Å². The number of nitrogens with zero attached hydrogens (tertiary/aromatic N) is 3. The third kappa shape index (κ3) is 4.41. The van der Waals surface area contributed by atoms with E-state index in [1.165, 1.54) is 0 Å². The Morgan fingerprint density at radius 1 is 1.21 bits per heavy atom. The summed E-state index contributed by atoms with van der Waals surface area (Å²) in [4.78, 5) is 35.0. The minimum Gasteiger partial charge on any atom is -0.496 e. The molecule has 2 saturated heterocycles. The van der Waals surface area contributed by atoms with Crippen molar-refractivity contribution in [3.05, 3.63) is 41.1 Å². The maximum atomic E-state index is 11.8. The van der Waals surface area contributed by atoms with Gasteiger partial charge in [0.25, 0.3) is 11.1 Å². The number of amides is 2. The number of hydrogen-bond donors (Lipinski definition) is 2. The molecule has 0 radical (unpaired) electrons. The van der Waals surface area contributed by atoms with E-state index in [4.69, 9.17) is 9.72 Å². The van der Waals surface area contributed by atoms with Crippen LogP contribution < -0.4 is 20.3 Å². The first-order valence-corrected chi connectivity index (χ1v) is 10.2. The molecule has 0 atom stereocenters. The highest BCUT2D eigenvalue weighted by Crippen LogP contribution is 2.32. The van der Waals surface area contributed by atoms with Crippen LogP contribution in [0, 0.1) is 0 Å². The largest absolute Gasteiger partial charge is 0.496 e. The summed E-state index contributed by atoms with van der Waals surface area (Å²) >= 11 is 0.893. The first-order valence-electron chi connectivity index (χ1n) is 9.35. The molecule has 8 nitrogen and oxygen atoms in total. The van der Waals surface area contributed by atoms with Crippen molar-refractivity contribution in [3.8, 4) is 17.0 Å². The molecule has 3 heterocycles. The van der Waals surface area contributed by atoms with Gasteiger partial charge in [-0.1, -0.05) is 6.07 Å². The third-order valence-electron chi connectivity index (χ3n) is 4.73. The fourth-order valence-electron chi connectivity index (χ4n) is 3.30. The predicted octanol–water partition coefficient (Wildman–Crippen LogP) is 2.28. The summed E-state index contributed by atoms with van der Waals surface area (Å²) in [5.41, 5.74) is 2.25. The Morgan fingerprint density at radius 3 is 2.90 bits per heavy atom. The van der Waals surface area contributed by atoms with E-state index in [-0.39, 0.29) is 11.1 Å². The molecular weight excluding hydrogens is 390 g/mol. The Kier molecular flexibility index (Phi) is 5.77. The summed E-state index contributed by atoms with van der Waals surface area (Å²) in [6, 6.07) is 5.55. The number of ether oxygens (including phenoxy) is 1. The molecule has 4 rings (SSSR count). The van der Waals surface area contributed by atoms with Crippen molar-refractivity contribution in [1.29, 1.82) is 0 Å². The van der Waals surface area contributed by atoms with E-state index in [0.717, 1.165) is 61.3 Å². The number of thioether (sulfide) groups is 1. The van der Waals surface area contributed by atoms with Gasteiger partial charge in [0.2, 0.25) is 0 Å². The standard InChI is InChI=1S/C20H21N5O3S/c1-28-16-4-3-13(10-17-19(26)24-20(27)29-17)9-14(16)15-11-22-12-18(23-15)25-7-2-5-21-6-8-25/h3-4,9-12,21H,2,5-8H2,1H3,(H,24,26,27). The maximum absolute atomic E-state index is 11.8. The second kappa shape index (κ2) is 8.62. The molecule has 150 valence electrons. The summed E-state index contributed by atoms with van der Waals surface area (Å²) in [6.07, 6.45) is 6.22. The van der Waals surface area contributed by atoms with Crippen LogP contribution in [-0.2, 0) is 4.79 Å². The van der Waals surface area contributed by atoms with E-state index < -0.39 is 0 Å². The maximum Gasteiger partial charge on any atom is 0.290 e. The molecule has 2 aliphatic rings. The van der Waals surface area contributed by atoms with Gasteiger partial charge in [0.05, 0.1) is 30.1 Å². The van der Waals surface area contributed by atoms with Crippen molar-refractivity contribution >= 4 is 34.8 Å². The van der Waals surface area contributed by atoms with Crippen LogP contribution in [-0.4, -0.2) is 54.4 Å². The highest BCUT2D eigenvalue weighted by Gasteiger charge is 2.25. The van der Waals surface area contributed by atoms with Crippen molar-refractivity contribution in [2.75, 3.05) is 38.2 Å². The van der Waals surface area contributed by atoms with Gasteiger partial charge in [-0.05, 0) is 48.5 Å². The molecule has 0 saturated carbocycles. The Bertz CT molecular complexity index is 970. The highest BCUT2D eigenvalue weighted by atomic mass is 32.2. The number of benzene rings is 1. The molecule has 1 aromatic carbocycles. The number of rotatable bonds is 4. The number of carbonyl (C=O) groups excluding carboxylic acids is 2. The molecule has 29 heavy (non-hydrogen) atoms. The Hall–Kier alpha value is -2.91. The number of anilines is 1. The summed E-state index contributed by atoms with van der Waals surface area (Å²) < 4.78 is 5.52. The van der Waals surface area contributed by atoms with Gasteiger partial charge in [-0.2, -0.15) is 0 Å². The predicted molar refractivity (Wildman–Crippen MR) is 113 cm³/mol. The van der Waals surface area contributed by atoms with Gasteiger partial charge < -0.3 is 15.0 Å². The first kappa shape index (κ1) is 19.4. The van der Waals surface area contributed by atoms with Crippen molar-refractivity contribution in [1.82, 2.24) is 20.6 Å². The molecule has 1 aromatic heterocycles. The lowest BCUT2D eigenvalue weighted by atomic mass is 10.1. The Balaban J connectivity index is 1.68. The molecule has 0 bridgehead atoms. The Morgan fingerprint density at radius 2 is 2.10 bits per heavy atom. The molecule has 0 spiro atoms. The van der Waals surface area contributed by atoms with Crippen LogP contribution in [0.4, 0.5) is 10.6 Å². The molecule has 2 aliphatic heterocycles. The fraction of sp³-hybridized carbons (Fsp3) is 0.300. The van der Waals surface area contributed by atoms with Gasteiger partial charge >= 0.3 is 0 Å². The zero-order chi connectivity index (χ0) is 20.2. The monoisotopic (exact) mass is 411 g/mol. The van der Waals surface area contributed by atoms with E-state index >= 15 is 0 Å². The van der Waals surface area contributed by atoms with E-state index in [9.17, 15) is 9.59 Å². The minimum atomic E-state index is -0.381. The molecular formula is C20H21N5O3S. The molecule has 2 amide bonds. The average Bonchev–Trinajstić information content (AvgIpc) is 2.92. The van der Waals surface area contributed by atoms with Gasteiger partial charge in [0.15, 0.2) is 0 Å². The van der Waals surface area contributed by atoms with Crippen LogP contribution in [0.15, 0.2) is 35.5 Å². The SMILES string of the molecule is COc1ccc(C=C2SC(=O)NC2=O)cc1-c1cncc(N2CCCNCC2)n1. The molecule has 2 aromatic rings. The number of aromatic nitrogens is 2. The van der Waals surface area contributed by atoms with E-state index in [0.29, 0.717) is 16.3 Å². The van der Waals surface area contributed by atoms with Gasteiger partial charge in [-0.25, -0.2) is 4.98 Å². The van der Waals surface area contributed by atoms with Gasteiger partial charge in [0.1, 0.15) is 11.6 Å². The summed E-state index contributed by atoms with van der Waals surface area (Å²) in [5.74, 6) is 1.11. The van der Waals surface area contributed by atoms with Crippen molar-refractivity contribution in [2.24, 2.45) is 0 Å². The lowest BCUT2D eigenvalue weighted by molar-refractivity contribution is -0.115. The number of imide groups is 1. The van der Waals surface area contributed by atoms with Gasteiger partial charge in [-0.3, -0.25) is 19.9 Å². The molecule has 0 aliphatic carbocycles. The zero-order valence-electron chi connectivity index (χ0n) is 16.0. The van der Waals surface area contributed by atoms with Crippen LogP contribution >= 0.6 is 11.8 Å². The average molecular weight is 411 g/mol. The van der Waals surface area contributed by atoms with Crippen LogP contribution in [0.5, 0.6) is 5.75 Å². The normalized spacial score (nSPS) is 18.7. The van der Waals surface area contributed by atoms with E-state index in [1.807, 2.05) is 18.2 Å². The second-order valence-corrected chi connectivity index (χ2v) is 7.68. The lowest BCUT2D eigenvalue weighted by Gasteiger charge is -2.21. The van der Waals surface area contributed by atoms with Crippen molar-refractivity contribution in [2.45, 2.75) is 6.42 Å². The fourth-order valence-corrected chi connectivity index (χ4v) is 3.98. The number of methoxy groups -OCH3 is 1. The second-order valence-electron chi connectivity index (χ2n) is 6.67. The third-order valence-corrected chi connectivity index (χ3v) is 5.54. The van der Waals surface area contributed by atoms with Crippen LogP contribution in [0.1, 0.15) is 12.0 Å². The lowest BCUT2D eigenvalue weighted by Crippen LogP contribution is -2.28. The highest BCUT2D eigenvalue weighted by molar-refractivity contribution is 8.18. The van der Waals surface area contributed by atoms with Crippen molar-refractivity contribution in [3.63, 3.8) is 0 Å². The summed E-state index contributed by atoms with van der Waals surface area (Å²) in [5, 5.41) is 5.29. The number of hydrogen-bond acceptors (Lipinski definition) is 8. The van der Waals surface area contributed by atoms with Crippen molar-refractivity contribution < 1.29 is 14.3 Å². The smallest absolute Gasteiger partial charge is 0.290 e. The molecule has 9 heteroatoms.